The molecule has 2 N–H and O–H groups in total. The van der Waals surface area contributed by atoms with Gasteiger partial charge in [0, 0.05) is 18.4 Å². The van der Waals surface area contributed by atoms with Crippen molar-refractivity contribution >= 4 is 11.6 Å². The first-order valence-corrected chi connectivity index (χ1v) is 5.76. The fraction of sp³-hybridized carbons (Fsp3) is 0.385. The van der Waals surface area contributed by atoms with Crippen molar-refractivity contribution in [2.45, 2.75) is 26.7 Å². The van der Waals surface area contributed by atoms with Gasteiger partial charge in [-0.3, -0.25) is 9.59 Å². The molecule has 0 heterocycles. The molecule has 5 nitrogen and oxygen atoms in total. The van der Waals surface area contributed by atoms with E-state index in [4.69, 9.17) is 4.74 Å². The van der Waals surface area contributed by atoms with Gasteiger partial charge in [0.25, 0.3) is 0 Å². The summed E-state index contributed by atoms with van der Waals surface area (Å²) in [4.78, 5) is 23.6. The minimum Gasteiger partial charge on any atom is -0.507 e. The van der Waals surface area contributed by atoms with Gasteiger partial charge in [-0.2, -0.15) is 0 Å². The van der Waals surface area contributed by atoms with Gasteiger partial charge in [0.05, 0.1) is 17.7 Å². The standard InChI is InChI=1S/C13H14O5/c1-3-18-13-6(2)11(16)9-7(14)4-5-8(15)10(9)12(13)17/h16-17H,3-5H2,1-2H3. The van der Waals surface area contributed by atoms with E-state index >= 15 is 0 Å². The number of carbonyl (C=O) groups excluding carboxylic acids is 2. The molecular weight excluding hydrogens is 236 g/mol. The molecule has 1 aromatic carbocycles. The van der Waals surface area contributed by atoms with Crippen molar-refractivity contribution in [1.82, 2.24) is 0 Å². The first-order chi connectivity index (χ1) is 8.49. The van der Waals surface area contributed by atoms with Gasteiger partial charge in [-0.15, -0.1) is 0 Å². The average Bonchev–Trinajstić information content (AvgIpc) is 2.34. The van der Waals surface area contributed by atoms with Crippen LogP contribution in [0.2, 0.25) is 0 Å². The Bertz CT molecular complexity index is 545. The maximum absolute atomic E-state index is 11.8. The second-order valence-corrected chi connectivity index (χ2v) is 4.18. The summed E-state index contributed by atoms with van der Waals surface area (Å²) in [6, 6.07) is 0. The highest BCUT2D eigenvalue weighted by molar-refractivity contribution is 6.17. The Hall–Kier alpha value is -2.04. The van der Waals surface area contributed by atoms with E-state index in [1.54, 1.807) is 6.92 Å². The normalized spacial score (nSPS) is 14.6. The van der Waals surface area contributed by atoms with E-state index in [1.165, 1.54) is 6.92 Å². The molecule has 0 radical (unpaired) electrons. The number of fused-ring (bicyclic) bond motifs is 1. The molecule has 0 atom stereocenters. The van der Waals surface area contributed by atoms with Crippen LogP contribution in [0, 0.1) is 6.92 Å². The number of ketones is 2. The molecule has 0 unspecified atom stereocenters. The van der Waals surface area contributed by atoms with Crippen LogP contribution < -0.4 is 4.74 Å². The Labute approximate surface area is 104 Å². The monoisotopic (exact) mass is 250 g/mol. The summed E-state index contributed by atoms with van der Waals surface area (Å²) in [7, 11) is 0. The topological polar surface area (TPSA) is 83.8 Å². The quantitative estimate of drug-likeness (QED) is 0.784. The van der Waals surface area contributed by atoms with E-state index < -0.39 is 0 Å². The SMILES string of the molecule is CCOc1c(C)c(O)c2c(c1O)C(=O)CCC2=O. The van der Waals surface area contributed by atoms with Gasteiger partial charge in [0.1, 0.15) is 5.75 Å². The Morgan fingerprint density at radius 2 is 1.56 bits per heavy atom. The van der Waals surface area contributed by atoms with Crippen LogP contribution in [0.15, 0.2) is 0 Å². The van der Waals surface area contributed by atoms with E-state index in [9.17, 15) is 19.8 Å². The molecule has 0 aromatic heterocycles. The predicted molar refractivity (Wildman–Crippen MR) is 63.6 cm³/mol. The Morgan fingerprint density at radius 1 is 1.06 bits per heavy atom. The molecule has 5 heteroatoms. The Kier molecular flexibility index (Phi) is 2.98. The maximum Gasteiger partial charge on any atom is 0.170 e. The van der Waals surface area contributed by atoms with Crippen LogP contribution >= 0.6 is 0 Å². The number of phenolic OH excluding ortho intramolecular Hbond substituents is 2. The lowest BCUT2D eigenvalue weighted by Gasteiger charge is -2.20. The summed E-state index contributed by atoms with van der Waals surface area (Å²) in [5.41, 5.74) is 0.0821. The minimum atomic E-state index is -0.349. The lowest BCUT2D eigenvalue weighted by atomic mass is 9.86. The van der Waals surface area contributed by atoms with Crippen molar-refractivity contribution in [3.8, 4) is 17.2 Å². The van der Waals surface area contributed by atoms with Crippen molar-refractivity contribution in [1.29, 1.82) is 0 Å². The minimum absolute atomic E-state index is 0.0491. The molecule has 0 bridgehead atoms. The highest BCUT2D eigenvalue weighted by atomic mass is 16.5. The van der Waals surface area contributed by atoms with Gasteiger partial charge in [-0.05, 0) is 13.8 Å². The zero-order valence-electron chi connectivity index (χ0n) is 10.2. The van der Waals surface area contributed by atoms with Crippen molar-refractivity contribution in [2.24, 2.45) is 0 Å². The van der Waals surface area contributed by atoms with Gasteiger partial charge < -0.3 is 14.9 Å². The number of phenols is 2. The summed E-state index contributed by atoms with van der Waals surface area (Å²) in [6.07, 6.45) is 0.111. The van der Waals surface area contributed by atoms with Gasteiger partial charge in [-0.25, -0.2) is 0 Å². The first kappa shape index (κ1) is 12.4. The average molecular weight is 250 g/mol. The second-order valence-electron chi connectivity index (χ2n) is 4.18. The number of ether oxygens (including phenoxy) is 1. The number of Topliss-reactive ketones (excluding diaryl/α,β-unsaturated/α-hetero) is 2. The molecule has 2 rings (SSSR count). The second kappa shape index (κ2) is 4.33. The maximum atomic E-state index is 11.8. The van der Waals surface area contributed by atoms with Crippen LogP contribution in [0.25, 0.3) is 0 Å². The third-order valence-electron chi connectivity index (χ3n) is 3.06. The van der Waals surface area contributed by atoms with Crippen LogP contribution in [0.5, 0.6) is 17.2 Å². The molecular formula is C13H14O5. The molecule has 96 valence electrons. The van der Waals surface area contributed by atoms with Crippen LogP contribution in [0.1, 0.15) is 46.0 Å². The highest BCUT2D eigenvalue weighted by Crippen LogP contribution is 2.45. The Balaban J connectivity index is 2.79. The van der Waals surface area contributed by atoms with Crippen molar-refractivity contribution in [3.05, 3.63) is 16.7 Å². The smallest absolute Gasteiger partial charge is 0.170 e. The van der Waals surface area contributed by atoms with Gasteiger partial charge in [0.15, 0.2) is 23.1 Å². The van der Waals surface area contributed by atoms with Crippen LogP contribution in [0.4, 0.5) is 0 Å². The third-order valence-corrected chi connectivity index (χ3v) is 3.06. The molecule has 0 amide bonds. The molecule has 0 fully saturated rings. The van der Waals surface area contributed by atoms with Gasteiger partial charge in [-0.1, -0.05) is 0 Å². The third kappa shape index (κ3) is 1.63. The summed E-state index contributed by atoms with van der Waals surface area (Å²) < 4.78 is 5.22. The van der Waals surface area contributed by atoms with Crippen LogP contribution in [-0.4, -0.2) is 28.4 Å². The zero-order valence-corrected chi connectivity index (χ0v) is 10.2. The predicted octanol–water partition coefficient (Wildman–Crippen LogP) is 1.96. The Morgan fingerprint density at radius 3 is 2.06 bits per heavy atom. The molecule has 0 saturated heterocycles. The van der Waals surface area contributed by atoms with E-state index in [0.717, 1.165) is 0 Å². The largest absolute Gasteiger partial charge is 0.507 e. The van der Waals surface area contributed by atoms with Gasteiger partial charge in [0.2, 0.25) is 0 Å². The first-order valence-electron chi connectivity index (χ1n) is 5.76. The number of hydrogen-bond donors (Lipinski definition) is 2. The summed E-state index contributed by atoms with van der Waals surface area (Å²) >= 11 is 0. The van der Waals surface area contributed by atoms with Crippen molar-refractivity contribution < 1.29 is 24.5 Å². The zero-order chi connectivity index (χ0) is 13.4. The number of rotatable bonds is 2. The van der Waals surface area contributed by atoms with E-state index in [2.05, 4.69) is 0 Å². The molecule has 1 aliphatic carbocycles. The van der Waals surface area contributed by atoms with Gasteiger partial charge >= 0.3 is 0 Å². The van der Waals surface area contributed by atoms with E-state index in [0.29, 0.717) is 0 Å². The molecule has 0 aliphatic heterocycles. The van der Waals surface area contributed by atoms with E-state index in [1.807, 2.05) is 0 Å². The fourth-order valence-electron chi connectivity index (χ4n) is 2.16. The number of aromatic hydroxyl groups is 2. The lowest BCUT2D eigenvalue weighted by molar-refractivity contribution is 0.0884. The highest BCUT2D eigenvalue weighted by Gasteiger charge is 2.33. The fourth-order valence-corrected chi connectivity index (χ4v) is 2.16. The summed E-state index contributed by atoms with van der Waals surface area (Å²) in [5.74, 6) is -1.23. The lowest BCUT2D eigenvalue weighted by Crippen LogP contribution is -2.18. The summed E-state index contributed by atoms with van der Waals surface area (Å²) in [5, 5.41) is 20.0. The van der Waals surface area contributed by atoms with Crippen LogP contribution in [-0.2, 0) is 0 Å². The number of carbonyl (C=O) groups is 2. The number of benzene rings is 1. The number of hydrogen-bond acceptors (Lipinski definition) is 5. The molecule has 1 aromatic rings. The van der Waals surface area contributed by atoms with Crippen molar-refractivity contribution in [3.63, 3.8) is 0 Å². The van der Waals surface area contributed by atoms with E-state index in [-0.39, 0.29) is 65.0 Å². The summed E-state index contributed by atoms with van der Waals surface area (Å²) in [6.45, 7) is 3.55. The molecule has 0 saturated carbocycles. The van der Waals surface area contributed by atoms with Crippen LogP contribution in [0.3, 0.4) is 0 Å². The molecule has 18 heavy (non-hydrogen) atoms. The molecule has 0 spiro atoms. The van der Waals surface area contributed by atoms with Crippen molar-refractivity contribution in [2.75, 3.05) is 6.61 Å². The molecule has 1 aliphatic rings.